The number of rotatable bonds is 3. The van der Waals surface area contributed by atoms with E-state index >= 15 is 0 Å². The van der Waals surface area contributed by atoms with Crippen molar-refractivity contribution in [3.63, 3.8) is 0 Å². The lowest BCUT2D eigenvalue weighted by Gasteiger charge is -2.17. The average Bonchev–Trinajstić information content (AvgIpc) is 2.54. The number of fused-ring (bicyclic) bond motifs is 1. The van der Waals surface area contributed by atoms with Gasteiger partial charge in [-0.3, -0.25) is 10.6 Å². The van der Waals surface area contributed by atoms with Gasteiger partial charge in [-0.25, -0.2) is 0 Å². The van der Waals surface area contributed by atoms with Gasteiger partial charge in [-0.1, -0.05) is 13.0 Å². The van der Waals surface area contributed by atoms with Gasteiger partial charge in [0.25, 0.3) is 0 Å². The number of carbonyl (C=O) groups excluding carboxylic acids is 1. The number of benzene rings is 1. The maximum Gasteiger partial charge on any atom is 0.234 e. The van der Waals surface area contributed by atoms with Gasteiger partial charge in [-0.05, 0) is 31.0 Å². The molecule has 0 radical (unpaired) electrons. The third-order valence-corrected chi connectivity index (χ3v) is 3.04. The zero-order valence-electron chi connectivity index (χ0n) is 9.66. The van der Waals surface area contributed by atoms with Crippen LogP contribution in [0.5, 0.6) is 0 Å². The van der Waals surface area contributed by atoms with Crippen LogP contribution in [0.4, 0.5) is 11.4 Å². The van der Waals surface area contributed by atoms with Crippen molar-refractivity contribution < 1.29 is 4.79 Å². The number of hydrazine groups is 1. The monoisotopic (exact) mass is 219 g/mol. The SMILES string of the molecule is CCCN1C(=O)C(C)c2ccc(NN)cc21. The quantitative estimate of drug-likeness (QED) is 0.602. The standard InChI is InChI=1S/C12H17N3O/c1-3-6-15-11-7-9(14-13)4-5-10(11)8(2)12(15)16/h4-5,7-8,14H,3,6,13H2,1-2H3. The van der Waals surface area contributed by atoms with Gasteiger partial charge in [0, 0.05) is 12.2 Å². The summed E-state index contributed by atoms with van der Waals surface area (Å²) in [6.45, 7) is 4.79. The fourth-order valence-electron chi connectivity index (χ4n) is 2.17. The smallest absolute Gasteiger partial charge is 0.234 e. The van der Waals surface area contributed by atoms with Crippen molar-refractivity contribution in [1.29, 1.82) is 0 Å². The molecule has 86 valence electrons. The minimum atomic E-state index is -0.0339. The second-order valence-corrected chi connectivity index (χ2v) is 4.13. The minimum Gasteiger partial charge on any atom is -0.324 e. The van der Waals surface area contributed by atoms with E-state index in [1.54, 1.807) is 0 Å². The van der Waals surface area contributed by atoms with Crippen LogP contribution in [0.3, 0.4) is 0 Å². The lowest BCUT2D eigenvalue weighted by Crippen LogP contribution is -2.28. The van der Waals surface area contributed by atoms with Crippen LogP contribution >= 0.6 is 0 Å². The highest BCUT2D eigenvalue weighted by atomic mass is 16.2. The number of amides is 1. The topological polar surface area (TPSA) is 58.4 Å². The second-order valence-electron chi connectivity index (χ2n) is 4.13. The van der Waals surface area contributed by atoms with E-state index in [2.05, 4.69) is 12.3 Å². The highest BCUT2D eigenvalue weighted by Gasteiger charge is 2.33. The van der Waals surface area contributed by atoms with Gasteiger partial charge in [0.1, 0.15) is 0 Å². The molecule has 1 amide bonds. The summed E-state index contributed by atoms with van der Waals surface area (Å²) in [5.74, 6) is 5.53. The van der Waals surface area contributed by atoms with Gasteiger partial charge in [0.05, 0.1) is 11.6 Å². The first-order valence-corrected chi connectivity index (χ1v) is 5.61. The number of hydrogen-bond donors (Lipinski definition) is 2. The molecule has 0 aromatic heterocycles. The average molecular weight is 219 g/mol. The molecule has 0 saturated heterocycles. The zero-order valence-corrected chi connectivity index (χ0v) is 9.66. The van der Waals surface area contributed by atoms with Gasteiger partial charge in [0.2, 0.25) is 5.91 Å². The molecule has 1 aliphatic rings. The molecule has 4 heteroatoms. The Balaban J connectivity index is 2.44. The van der Waals surface area contributed by atoms with Crippen LogP contribution in [-0.4, -0.2) is 12.5 Å². The van der Waals surface area contributed by atoms with Crippen LogP contribution in [0.15, 0.2) is 18.2 Å². The number of hydrogen-bond acceptors (Lipinski definition) is 3. The Labute approximate surface area is 95.4 Å². The summed E-state index contributed by atoms with van der Waals surface area (Å²) in [6, 6.07) is 5.81. The Morgan fingerprint density at radius 3 is 2.88 bits per heavy atom. The summed E-state index contributed by atoms with van der Waals surface area (Å²) in [4.78, 5) is 13.9. The molecule has 1 aromatic carbocycles. The van der Waals surface area contributed by atoms with E-state index in [4.69, 9.17) is 5.84 Å². The van der Waals surface area contributed by atoms with E-state index in [0.29, 0.717) is 0 Å². The molecule has 1 aromatic rings. The van der Waals surface area contributed by atoms with E-state index in [1.807, 2.05) is 30.0 Å². The lowest BCUT2D eigenvalue weighted by molar-refractivity contribution is -0.118. The molecule has 0 bridgehead atoms. The van der Waals surface area contributed by atoms with Crippen molar-refractivity contribution in [1.82, 2.24) is 0 Å². The molecule has 1 aliphatic heterocycles. The third-order valence-electron chi connectivity index (χ3n) is 3.04. The summed E-state index contributed by atoms with van der Waals surface area (Å²) < 4.78 is 0. The number of nitrogens with zero attached hydrogens (tertiary/aromatic N) is 1. The number of carbonyl (C=O) groups is 1. The predicted octanol–water partition coefficient (Wildman–Crippen LogP) is 1.83. The Morgan fingerprint density at radius 2 is 2.25 bits per heavy atom. The lowest BCUT2D eigenvalue weighted by atomic mass is 10.0. The molecule has 1 unspecified atom stereocenters. The summed E-state index contributed by atoms with van der Waals surface area (Å²) in [6.07, 6.45) is 0.957. The Morgan fingerprint density at radius 1 is 1.50 bits per heavy atom. The van der Waals surface area contributed by atoms with Crippen molar-refractivity contribution in [3.8, 4) is 0 Å². The van der Waals surface area contributed by atoms with Crippen molar-refractivity contribution in [2.75, 3.05) is 16.9 Å². The minimum absolute atomic E-state index is 0.0339. The largest absolute Gasteiger partial charge is 0.324 e. The Bertz CT molecular complexity index is 417. The van der Waals surface area contributed by atoms with Gasteiger partial charge in [-0.15, -0.1) is 0 Å². The maximum absolute atomic E-state index is 12.0. The number of nitrogens with one attached hydrogen (secondary N) is 1. The van der Waals surface area contributed by atoms with Gasteiger partial charge >= 0.3 is 0 Å². The van der Waals surface area contributed by atoms with Crippen molar-refractivity contribution in [3.05, 3.63) is 23.8 Å². The van der Waals surface area contributed by atoms with Crippen LogP contribution in [0.2, 0.25) is 0 Å². The highest BCUT2D eigenvalue weighted by molar-refractivity contribution is 6.05. The summed E-state index contributed by atoms with van der Waals surface area (Å²) >= 11 is 0. The molecule has 1 atom stereocenters. The molecule has 4 nitrogen and oxygen atoms in total. The molecule has 16 heavy (non-hydrogen) atoms. The maximum atomic E-state index is 12.0. The Kier molecular flexibility index (Phi) is 2.83. The summed E-state index contributed by atoms with van der Waals surface area (Å²) in [5, 5.41) is 0. The third kappa shape index (κ3) is 1.55. The van der Waals surface area contributed by atoms with Crippen molar-refractivity contribution >= 4 is 17.3 Å². The van der Waals surface area contributed by atoms with Gasteiger partial charge < -0.3 is 10.3 Å². The van der Waals surface area contributed by atoms with Crippen molar-refractivity contribution in [2.24, 2.45) is 5.84 Å². The van der Waals surface area contributed by atoms with E-state index in [0.717, 1.165) is 29.9 Å². The Hall–Kier alpha value is -1.55. The molecule has 0 saturated carbocycles. The van der Waals surface area contributed by atoms with Gasteiger partial charge in [0.15, 0.2) is 0 Å². The fourth-order valence-corrected chi connectivity index (χ4v) is 2.17. The first-order chi connectivity index (χ1) is 7.69. The summed E-state index contributed by atoms with van der Waals surface area (Å²) in [5.41, 5.74) is 5.54. The van der Waals surface area contributed by atoms with E-state index < -0.39 is 0 Å². The molecular weight excluding hydrogens is 202 g/mol. The predicted molar refractivity (Wildman–Crippen MR) is 65.3 cm³/mol. The van der Waals surface area contributed by atoms with E-state index in [9.17, 15) is 4.79 Å². The molecule has 3 N–H and O–H groups in total. The molecule has 0 fully saturated rings. The van der Waals surface area contributed by atoms with Crippen LogP contribution in [0, 0.1) is 0 Å². The summed E-state index contributed by atoms with van der Waals surface area (Å²) in [7, 11) is 0. The molecule has 0 spiro atoms. The molecular formula is C12H17N3O. The van der Waals surface area contributed by atoms with Crippen LogP contribution < -0.4 is 16.2 Å². The number of nitrogens with two attached hydrogens (primary N) is 1. The van der Waals surface area contributed by atoms with Crippen LogP contribution in [0.1, 0.15) is 31.7 Å². The normalized spacial score (nSPS) is 18.8. The molecule has 2 rings (SSSR count). The van der Waals surface area contributed by atoms with Crippen molar-refractivity contribution in [2.45, 2.75) is 26.2 Å². The van der Waals surface area contributed by atoms with E-state index in [-0.39, 0.29) is 11.8 Å². The second kappa shape index (κ2) is 4.14. The highest BCUT2D eigenvalue weighted by Crippen LogP contribution is 2.38. The molecule has 1 heterocycles. The first kappa shape index (κ1) is 11.0. The van der Waals surface area contributed by atoms with Gasteiger partial charge in [-0.2, -0.15) is 0 Å². The van der Waals surface area contributed by atoms with Crippen LogP contribution in [0.25, 0.3) is 0 Å². The first-order valence-electron chi connectivity index (χ1n) is 5.61. The fraction of sp³-hybridized carbons (Fsp3) is 0.417. The number of nitrogen functional groups attached to an aromatic ring is 1. The zero-order chi connectivity index (χ0) is 11.7. The van der Waals surface area contributed by atoms with E-state index in [1.165, 1.54) is 0 Å². The van der Waals surface area contributed by atoms with Crippen LogP contribution in [-0.2, 0) is 4.79 Å². The molecule has 0 aliphatic carbocycles. The number of anilines is 2.